The molecule has 0 aromatic carbocycles. The highest BCUT2D eigenvalue weighted by atomic mass is 32.1. The summed E-state index contributed by atoms with van der Waals surface area (Å²) in [6.45, 7) is 6.00. The molecule has 0 atom stereocenters. The van der Waals surface area contributed by atoms with Crippen LogP contribution in [0.4, 0.5) is 5.00 Å². The number of hydrogen-bond donors (Lipinski definition) is 2. The van der Waals surface area contributed by atoms with Crippen LogP contribution in [0.5, 0.6) is 0 Å². The Labute approximate surface area is 83.8 Å². The van der Waals surface area contributed by atoms with Crippen molar-refractivity contribution in [1.29, 1.82) is 0 Å². The van der Waals surface area contributed by atoms with Crippen molar-refractivity contribution in [2.24, 2.45) is 0 Å². The van der Waals surface area contributed by atoms with E-state index in [1.807, 2.05) is 20.8 Å². The lowest BCUT2D eigenvalue weighted by atomic mass is 10.2. The van der Waals surface area contributed by atoms with Gasteiger partial charge in [0.05, 0.1) is 5.69 Å². The molecule has 0 unspecified atom stereocenters. The summed E-state index contributed by atoms with van der Waals surface area (Å²) in [7, 11) is 0. The van der Waals surface area contributed by atoms with Gasteiger partial charge in [-0.1, -0.05) is 13.8 Å². The van der Waals surface area contributed by atoms with Gasteiger partial charge >= 0.3 is 0 Å². The highest BCUT2D eigenvalue weighted by Crippen LogP contribution is 2.20. The fourth-order valence-corrected chi connectivity index (χ4v) is 1.63. The highest BCUT2D eigenvalue weighted by Gasteiger charge is 2.04. The van der Waals surface area contributed by atoms with Crippen LogP contribution < -0.4 is 5.73 Å². The third kappa shape index (κ3) is 3.03. The lowest BCUT2D eigenvalue weighted by molar-refractivity contribution is 1.08. The van der Waals surface area contributed by atoms with Gasteiger partial charge in [-0.15, -0.1) is 0 Å². The molecular weight excluding hydrogens is 188 g/mol. The second kappa shape index (κ2) is 6.31. The molecule has 0 amide bonds. The van der Waals surface area contributed by atoms with Gasteiger partial charge in [-0.3, -0.25) is 0 Å². The van der Waals surface area contributed by atoms with Gasteiger partial charge < -0.3 is 5.73 Å². The molecule has 4 heteroatoms. The maximum absolute atomic E-state index is 5.60. The number of thiol groups is 1. The summed E-state index contributed by atoms with van der Waals surface area (Å²) in [4.78, 5) is 0. The second-order valence-corrected chi connectivity index (χ2v) is 3.34. The quantitative estimate of drug-likeness (QED) is 0.727. The van der Waals surface area contributed by atoms with E-state index in [0.717, 1.165) is 28.4 Å². The van der Waals surface area contributed by atoms with Gasteiger partial charge in [-0.05, 0) is 30.6 Å². The van der Waals surface area contributed by atoms with Gasteiger partial charge in [0.1, 0.15) is 5.00 Å². The van der Waals surface area contributed by atoms with Crippen molar-refractivity contribution < 1.29 is 0 Å². The summed E-state index contributed by atoms with van der Waals surface area (Å²) >= 11 is 5.48. The standard InChI is InChI=1S/C6H10N2S2.C2H6/c1-4-5(2-3-9)8-10-6(4)7;1-2/h9H,2-3,7H2,1H3;1-2H3. The van der Waals surface area contributed by atoms with Crippen molar-refractivity contribution in [2.75, 3.05) is 11.5 Å². The zero-order valence-corrected chi connectivity index (χ0v) is 9.51. The maximum Gasteiger partial charge on any atom is 0.110 e. The molecule has 0 bridgehead atoms. The number of aromatic nitrogens is 1. The average Bonchev–Trinajstić information content (AvgIpc) is 2.41. The molecule has 0 fully saturated rings. The summed E-state index contributed by atoms with van der Waals surface area (Å²) in [5.41, 5.74) is 7.82. The van der Waals surface area contributed by atoms with E-state index < -0.39 is 0 Å². The molecule has 2 N–H and O–H groups in total. The fourth-order valence-electron chi connectivity index (χ4n) is 0.722. The first kappa shape index (κ1) is 11.8. The molecular formula is C8H16N2S2. The van der Waals surface area contributed by atoms with Crippen molar-refractivity contribution in [1.82, 2.24) is 4.37 Å². The van der Waals surface area contributed by atoms with E-state index in [-0.39, 0.29) is 0 Å². The molecule has 1 rings (SSSR count). The van der Waals surface area contributed by atoms with Gasteiger partial charge in [0, 0.05) is 5.56 Å². The largest absolute Gasteiger partial charge is 0.389 e. The van der Waals surface area contributed by atoms with Crippen LogP contribution in [0, 0.1) is 6.92 Å². The van der Waals surface area contributed by atoms with Gasteiger partial charge in [-0.25, -0.2) is 0 Å². The van der Waals surface area contributed by atoms with E-state index >= 15 is 0 Å². The van der Waals surface area contributed by atoms with Crippen LogP contribution in [-0.2, 0) is 6.42 Å². The van der Waals surface area contributed by atoms with Crippen molar-refractivity contribution in [3.05, 3.63) is 11.3 Å². The Bertz CT molecular complexity index is 221. The number of nitrogens with zero attached hydrogens (tertiary/aromatic N) is 1. The molecule has 0 saturated carbocycles. The third-order valence-corrected chi connectivity index (χ3v) is 2.44. The zero-order valence-electron chi connectivity index (χ0n) is 7.79. The van der Waals surface area contributed by atoms with E-state index in [1.165, 1.54) is 11.5 Å². The third-order valence-electron chi connectivity index (χ3n) is 1.41. The molecule has 1 heterocycles. The number of nitrogen functional groups attached to an aromatic ring is 1. The van der Waals surface area contributed by atoms with Crippen LogP contribution in [0.15, 0.2) is 0 Å². The summed E-state index contributed by atoms with van der Waals surface area (Å²) < 4.78 is 4.17. The smallest absolute Gasteiger partial charge is 0.110 e. The molecule has 1 aromatic rings. The Hall–Kier alpha value is -0.220. The number of rotatable bonds is 2. The molecule has 0 aliphatic carbocycles. The summed E-state index contributed by atoms with van der Waals surface area (Å²) in [6.07, 6.45) is 0.919. The molecule has 12 heavy (non-hydrogen) atoms. The summed E-state index contributed by atoms with van der Waals surface area (Å²) in [5, 5.41) is 0.830. The van der Waals surface area contributed by atoms with E-state index in [1.54, 1.807) is 0 Å². The van der Waals surface area contributed by atoms with Gasteiger partial charge in [0.2, 0.25) is 0 Å². The van der Waals surface area contributed by atoms with Crippen molar-refractivity contribution >= 4 is 29.2 Å². The highest BCUT2D eigenvalue weighted by molar-refractivity contribution is 7.80. The monoisotopic (exact) mass is 204 g/mol. The Balaban J connectivity index is 0.000000561. The van der Waals surface area contributed by atoms with Crippen LogP contribution in [0.1, 0.15) is 25.1 Å². The van der Waals surface area contributed by atoms with Crippen LogP contribution in [0.25, 0.3) is 0 Å². The Kier molecular flexibility index (Phi) is 6.20. The zero-order chi connectivity index (χ0) is 9.56. The average molecular weight is 204 g/mol. The fraction of sp³-hybridized carbons (Fsp3) is 0.625. The molecule has 70 valence electrons. The Morgan fingerprint density at radius 1 is 1.50 bits per heavy atom. The van der Waals surface area contributed by atoms with Gasteiger partial charge in [0.25, 0.3) is 0 Å². The maximum atomic E-state index is 5.60. The molecule has 0 aliphatic heterocycles. The van der Waals surface area contributed by atoms with Crippen molar-refractivity contribution in [3.63, 3.8) is 0 Å². The molecule has 2 nitrogen and oxygen atoms in total. The van der Waals surface area contributed by atoms with Crippen LogP contribution in [0.2, 0.25) is 0 Å². The predicted molar refractivity (Wildman–Crippen MR) is 60.2 cm³/mol. The van der Waals surface area contributed by atoms with Crippen molar-refractivity contribution in [2.45, 2.75) is 27.2 Å². The molecule has 0 aliphatic rings. The minimum absolute atomic E-state index is 0.830. The molecule has 0 saturated heterocycles. The van der Waals surface area contributed by atoms with E-state index in [0.29, 0.717) is 0 Å². The first-order valence-electron chi connectivity index (χ1n) is 4.07. The molecule has 0 radical (unpaired) electrons. The van der Waals surface area contributed by atoms with Crippen LogP contribution in [-0.4, -0.2) is 10.1 Å². The lowest BCUT2D eigenvalue weighted by Crippen LogP contribution is -1.90. The Morgan fingerprint density at radius 3 is 2.42 bits per heavy atom. The lowest BCUT2D eigenvalue weighted by Gasteiger charge is -1.92. The number of hydrogen-bond acceptors (Lipinski definition) is 4. The van der Waals surface area contributed by atoms with E-state index in [4.69, 9.17) is 5.73 Å². The SMILES string of the molecule is CC.Cc1c(CCS)nsc1N. The minimum Gasteiger partial charge on any atom is -0.389 e. The second-order valence-electron chi connectivity index (χ2n) is 2.09. The summed E-state index contributed by atoms with van der Waals surface area (Å²) in [5.74, 6) is 0.837. The minimum atomic E-state index is 0.830. The predicted octanol–water partition coefficient (Wildman–Crippen LogP) is 2.53. The first-order valence-corrected chi connectivity index (χ1v) is 5.47. The van der Waals surface area contributed by atoms with E-state index in [9.17, 15) is 0 Å². The van der Waals surface area contributed by atoms with Crippen molar-refractivity contribution in [3.8, 4) is 0 Å². The van der Waals surface area contributed by atoms with E-state index in [2.05, 4.69) is 17.0 Å². The number of aryl methyl sites for hydroxylation is 1. The normalized spacial score (nSPS) is 9.00. The van der Waals surface area contributed by atoms with Gasteiger partial charge in [-0.2, -0.15) is 17.0 Å². The Morgan fingerprint density at radius 2 is 2.08 bits per heavy atom. The molecule has 1 aromatic heterocycles. The van der Waals surface area contributed by atoms with Crippen LogP contribution >= 0.6 is 24.2 Å². The topological polar surface area (TPSA) is 38.9 Å². The van der Waals surface area contributed by atoms with Gasteiger partial charge in [0.15, 0.2) is 0 Å². The molecule has 0 spiro atoms. The first-order chi connectivity index (χ1) is 5.75. The number of nitrogens with two attached hydrogens (primary N) is 1. The number of anilines is 1. The van der Waals surface area contributed by atoms with Crippen LogP contribution in [0.3, 0.4) is 0 Å². The summed E-state index contributed by atoms with van der Waals surface area (Å²) in [6, 6.07) is 0.